The Labute approximate surface area is 489 Å². The van der Waals surface area contributed by atoms with Gasteiger partial charge in [0.05, 0.1) is 69.1 Å². The molecule has 9 fully saturated rings. The minimum atomic E-state index is -1.97. The van der Waals surface area contributed by atoms with Crippen molar-refractivity contribution in [3.8, 4) is 0 Å². The summed E-state index contributed by atoms with van der Waals surface area (Å²) in [5, 5.41) is 186. The molecule has 0 aromatic rings. The van der Waals surface area contributed by atoms with Gasteiger partial charge in [0, 0.05) is 17.8 Å². The van der Waals surface area contributed by atoms with Crippen LogP contribution in [0, 0.1) is 40.4 Å². The summed E-state index contributed by atoms with van der Waals surface area (Å²) in [7, 11) is 0. The van der Waals surface area contributed by atoms with E-state index in [1.54, 1.807) is 6.92 Å². The molecule has 7 aliphatic heterocycles. The number of allylic oxidation sites excluding steroid dienone is 1. The smallest absolute Gasteiger partial charge is 0.244 e. The lowest BCUT2D eigenvalue weighted by Gasteiger charge is -2.61. The van der Waals surface area contributed by atoms with Gasteiger partial charge in [-0.05, 0) is 81.6 Å². The third kappa shape index (κ3) is 10.9. The molecule has 0 aromatic heterocycles. The van der Waals surface area contributed by atoms with E-state index in [1.165, 1.54) is 20.1 Å². The molecule has 7 unspecified atom stereocenters. The molecule has 1 spiro atoms. The average molecular weight is 1230 g/mol. The Kier molecular flexibility index (Phi) is 18.8. The van der Waals surface area contributed by atoms with Crippen LogP contribution in [-0.4, -0.2) is 297 Å². The summed E-state index contributed by atoms with van der Waals surface area (Å²) in [4.78, 5) is 0. The fourth-order valence-corrected chi connectivity index (χ4v) is 16.5. The van der Waals surface area contributed by atoms with E-state index in [9.17, 15) is 86.8 Å². The SMILES string of the molecule is CC1=COC2(O[C@H]3CC4C5CC=C6C[C@@H](O)C[C@@H](O[C@@H]7O[C@H](CO)[C@@H](O)[C@H](O[C@@H]8OC[C@@H](O)[C@H](O)[C@H]8O)[C@H]7O[C@@H]7O[C@@H](C)[C@H](O)[C@@H](O)[C@H]7O)[C@]6(C)C5CC[C@]4(C)C3[C@@H]2CO[C@@H]2O[C@H](CO)[C@H](O)[C@H](O)[C@H]2O)C(O)C1O[C@@H]1O[C@H](C)[C@H](O)[C@H](O)[C@H]1O. The summed E-state index contributed by atoms with van der Waals surface area (Å²) in [6, 6.07) is 0. The Morgan fingerprint density at radius 1 is 0.600 bits per heavy atom. The molecule has 37 atom stereocenters. The number of aliphatic hydroxyl groups is 17. The number of rotatable bonds is 13. The van der Waals surface area contributed by atoms with Crippen molar-refractivity contribution in [1.29, 1.82) is 0 Å². The summed E-state index contributed by atoms with van der Waals surface area (Å²) >= 11 is 0. The zero-order chi connectivity index (χ0) is 61.3. The van der Waals surface area contributed by atoms with Gasteiger partial charge in [0.15, 0.2) is 31.5 Å². The van der Waals surface area contributed by atoms with Gasteiger partial charge < -0.3 is 144 Å². The molecule has 0 aromatic carbocycles. The molecule has 0 radical (unpaired) electrons. The van der Waals surface area contributed by atoms with Gasteiger partial charge in [0.25, 0.3) is 0 Å². The zero-order valence-corrected chi connectivity index (χ0v) is 47.9. The molecule has 17 N–H and O–H groups in total. The maximum Gasteiger partial charge on any atom is 0.244 e. The van der Waals surface area contributed by atoms with Crippen molar-refractivity contribution >= 4 is 0 Å². The van der Waals surface area contributed by atoms with Gasteiger partial charge >= 0.3 is 0 Å². The second-order valence-corrected chi connectivity index (χ2v) is 26.2. The standard InChI is InChI=1S/C56H88O29/c1-18-15-76-56(48(73)45(18)82-51-43(71)38(66)33(61)19(2)77-51)26(16-74-49-42(70)40(68)36(64)29(13-57)79-49)32-28(85-56)12-25-23-7-6-21-10-22(59)11-31(55(21,5)24(23)8-9-54(25,32)4)81-53-47(84-52-44(72)39(67)34(62)20(3)78-52)46(37(65)30(14-58)80-53)83-50-41(69)35(63)27(60)17-75-50/h6,15,19-20,22-53,57-73H,7-14,16-17H2,1-5H3/t19-,20+,22-,23?,24?,25?,26+,27-,28+,29-,30-,31-,32?,33+,34+,35+,36+,37-,38+,39-,40+,41-,42-,43-,44-,45?,46+,47-,48?,49-,50+,51+,52+,53+,54+,55+,56?/m1/s1. The van der Waals surface area contributed by atoms with Crippen molar-refractivity contribution in [1.82, 2.24) is 0 Å². The van der Waals surface area contributed by atoms with Crippen LogP contribution in [0.3, 0.4) is 0 Å². The van der Waals surface area contributed by atoms with Crippen LogP contribution < -0.4 is 0 Å². The Hall–Kier alpha value is -1.84. The van der Waals surface area contributed by atoms with E-state index in [-0.39, 0.29) is 37.2 Å². The van der Waals surface area contributed by atoms with E-state index in [0.717, 1.165) is 5.57 Å². The molecule has 85 heavy (non-hydrogen) atoms. The van der Waals surface area contributed by atoms with Crippen molar-refractivity contribution in [2.45, 2.75) is 257 Å². The first kappa shape index (κ1) is 64.7. The third-order valence-electron chi connectivity index (χ3n) is 21.4. The molecule has 29 nitrogen and oxygen atoms in total. The lowest BCUT2D eigenvalue weighted by molar-refractivity contribution is -0.393. The highest BCUT2D eigenvalue weighted by atomic mass is 16.8. The first-order valence-electron chi connectivity index (χ1n) is 29.8. The summed E-state index contributed by atoms with van der Waals surface area (Å²) in [6.07, 6.45) is -38.4. The van der Waals surface area contributed by atoms with Crippen LogP contribution in [0.4, 0.5) is 0 Å². The van der Waals surface area contributed by atoms with E-state index >= 15 is 0 Å². The summed E-state index contributed by atoms with van der Waals surface area (Å²) < 4.78 is 75.2. The quantitative estimate of drug-likeness (QED) is 0.0763. The number of fused-ring (bicyclic) bond motifs is 7. The van der Waals surface area contributed by atoms with Crippen LogP contribution in [0.25, 0.3) is 0 Å². The van der Waals surface area contributed by atoms with Crippen LogP contribution in [-0.2, 0) is 56.8 Å². The normalized spacial score (nSPS) is 57.0. The summed E-state index contributed by atoms with van der Waals surface area (Å²) in [5.41, 5.74) is -0.309. The van der Waals surface area contributed by atoms with Crippen molar-refractivity contribution < 1.29 is 144 Å². The second kappa shape index (κ2) is 24.7. The number of hydrogen-bond donors (Lipinski definition) is 17. The Balaban J connectivity index is 0.902. The van der Waals surface area contributed by atoms with Crippen molar-refractivity contribution in [2.24, 2.45) is 40.4 Å². The topological polar surface area (TPSA) is 455 Å². The lowest BCUT2D eigenvalue weighted by Crippen LogP contribution is -2.67. The largest absolute Gasteiger partial charge is 0.467 e. The second-order valence-electron chi connectivity index (χ2n) is 26.2. The highest BCUT2D eigenvalue weighted by molar-refractivity contribution is 5.29. The maximum atomic E-state index is 12.7. The molecule has 7 heterocycles. The molecule has 6 saturated heterocycles. The van der Waals surface area contributed by atoms with Gasteiger partial charge in [0.2, 0.25) is 5.79 Å². The molecular formula is C56H88O29. The predicted molar refractivity (Wildman–Crippen MR) is 277 cm³/mol. The minimum Gasteiger partial charge on any atom is -0.467 e. The van der Waals surface area contributed by atoms with Gasteiger partial charge in [-0.2, -0.15) is 0 Å². The van der Waals surface area contributed by atoms with Crippen LogP contribution in [0.15, 0.2) is 23.5 Å². The third-order valence-corrected chi connectivity index (χ3v) is 21.4. The molecular weight excluding hydrogens is 1140 g/mol. The van der Waals surface area contributed by atoms with Crippen LogP contribution in [0.1, 0.15) is 73.1 Å². The summed E-state index contributed by atoms with van der Waals surface area (Å²) in [6.45, 7) is 6.32. The monoisotopic (exact) mass is 1220 g/mol. The molecule has 11 rings (SSSR count). The maximum absolute atomic E-state index is 12.7. The van der Waals surface area contributed by atoms with Gasteiger partial charge in [-0.3, -0.25) is 0 Å². The molecule has 3 saturated carbocycles. The highest BCUT2D eigenvalue weighted by Crippen LogP contribution is 2.71. The molecule has 0 bridgehead atoms. The molecule has 4 aliphatic carbocycles. The van der Waals surface area contributed by atoms with Crippen LogP contribution in [0.2, 0.25) is 0 Å². The van der Waals surface area contributed by atoms with Crippen molar-refractivity contribution in [3.63, 3.8) is 0 Å². The fourth-order valence-electron chi connectivity index (χ4n) is 16.5. The molecule has 11 aliphatic rings. The minimum absolute atomic E-state index is 0.0312. The fraction of sp³-hybridized carbons (Fsp3) is 0.929. The van der Waals surface area contributed by atoms with Crippen molar-refractivity contribution in [3.05, 3.63) is 23.5 Å². The van der Waals surface area contributed by atoms with E-state index < -0.39 is 226 Å². The van der Waals surface area contributed by atoms with Gasteiger partial charge in [-0.25, -0.2) is 0 Å². The molecule has 486 valence electrons. The predicted octanol–water partition coefficient (Wildman–Crippen LogP) is -6.32. The highest BCUT2D eigenvalue weighted by Gasteiger charge is 2.74. The van der Waals surface area contributed by atoms with Crippen LogP contribution >= 0.6 is 0 Å². The van der Waals surface area contributed by atoms with Crippen molar-refractivity contribution in [2.75, 3.05) is 26.4 Å². The Morgan fingerprint density at radius 3 is 1.85 bits per heavy atom. The van der Waals surface area contributed by atoms with E-state index in [4.69, 9.17) is 56.8 Å². The molecule has 0 amide bonds. The van der Waals surface area contributed by atoms with Gasteiger partial charge in [0.1, 0.15) is 116 Å². The molecule has 29 heteroatoms. The number of hydrogen-bond acceptors (Lipinski definition) is 29. The average Bonchev–Trinajstić information content (AvgIpc) is 1.91. The first-order valence-corrected chi connectivity index (χ1v) is 29.8. The van der Waals surface area contributed by atoms with Gasteiger partial charge in [-0.1, -0.05) is 25.5 Å². The van der Waals surface area contributed by atoms with Crippen LogP contribution in [0.5, 0.6) is 0 Å². The summed E-state index contributed by atoms with van der Waals surface area (Å²) in [5.74, 6) is -3.85. The van der Waals surface area contributed by atoms with E-state index in [2.05, 4.69) is 13.0 Å². The zero-order valence-electron chi connectivity index (χ0n) is 47.9. The Morgan fingerprint density at radius 2 is 1.19 bits per heavy atom. The lowest BCUT2D eigenvalue weighted by atomic mass is 9.46. The van der Waals surface area contributed by atoms with E-state index in [1.807, 2.05) is 6.92 Å². The number of ether oxygens (including phenoxy) is 12. The number of aliphatic hydroxyl groups excluding tert-OH is 17. The first-order chi connectivity index (χ1) is 40.2. The van der Waals surface area contributed by atoms with E-state index in [0.29, 0.717) is 31.3 Å². The van der Waals surface area contributed by atoms with Gasteiger partial charge in [-0.15, -0.1) is 0 Å². The Bertz CT molecular complexity index is 2370.